The van der Waals surface area contributed by atoms with Crippen molar-refractivity contribution in [1.29, 1.82) is 0 Å². The van der Waals surface area contributed by atoms with E-state index in [-0.39, 0.29) is 11.7 Å². The maximum Gasteiger partial charge on any atom is 0.250 e. The molecule has 1 rings (SSSR count). The highest BCUT2D eigenvalue weighted by Crippen LogP contribution is 2.36. The predicted molar refractivity (Wildman–Crippen MR) is 59.8 cm³/mol. The van der Waals surface area contributed by atoms with Crippen molar-refractivity contribution >= 4 is 40.6 Å². The molecule has 0 radical (unpaired) electrons. The summed E-state index contributed by atoms with van der Waals surface area (Å²) in [6, 6.07) is 1.67. The lowest BCUT2D eigenvalue weighted by Crippen LogP contribution is -2.11. The lowest BCUT2D eigenvalue weighted by Gasteiger charge is -2.12. The summed E-state index contributed by atoms with van der Waals surface area (Å²) in [6.07, 6.45) is 0. The van der Waals surface area contributed by atoms with Gasteiger partial charge >= 0.3 is 0 Å². The van der Waals surface area contributed by atoms with Crippen LogP contribution in [0.4, 0.5) is 5.82 Å². The Kier molecular flexibility index (Phi) is 3.45. The van der Waals surface area contributed by atoms with Crippen LogP contribution in [0, 0.1) is 0 Å². The second-order valence-corrected chi connectivity index (χ2v) is 5.47. The number of nitrogens with two attached hydrogens (primary N) is 1. The molecule has 0 aliphatic carbocycles. The molecule has 0 aliphatic rings. The molecule has 0 spiro atoms. The van der Waals surface area contributed by atoms with Crippen LogP contribution in [0.2, 0.25) is 0 Å². The smallest absolute Gasteiger partial charge is 0.250 e. The Labute approximate surface area is 97.6 Å². The van der Waals surface area contributed by atoms with E-state index < -0.39 is 3.79 Å². The van der Waals surface area contributed by atoms with Crippen LogP contribution in [0.3, 0.4) is 0 Å². The molecule has 6 heteroatoms. The molecule has 0 saturated heterocycles. The minimum Gasteiger partial charge on any atom is -0.384 e. The van der Waals surface area contributed by atoms with Crippen LogP contribution in [0.15, 0.2) is 6.07 Å². The number of hydrogen-bond acceptors (Lipinski definition) is 3. The fraction of sp³-hybridized carbons (Fsp3) is 0.500. The summed E-state index contributed by atoms with van der Waals surface area (Å²) in [5.41, 5.74) is 6.33. The minimum atomic E-state index is -1.63. The number of anilines is 1. The molecule has 0 atom stereocenters. The van der Waals surface area contributed by atoms with Gasteiger partial charge in [0.15, 0.2) is 5.82 Å². The lowest BCUT2D eigenvalue weighted by molar-refractivity contribution is 0.792. The van der Waals surface area contributed by atoms with Gasteiger partial charge in [0, 0.05) is 11.8 Å². The molecule has 0 saturated carbocycles. The molecular formula is C8H10Cl3N3. The SMILES string of the molecule is CC(C)c1cc(N)nc(C(Cl)(Cl)Cl)n1. The van der Waals surface area contributed by atoms with Gasteiger partial charge in [-0.2, -0.15) is 0 Å². The summed E-state index contributed by atoms with van der Waals surface area (Å²) in [6.45, 7) is 3.95. The van der Waals surface area contributed by atoms with E-state index in [1.54, 1.807) is 6.07 Å². The molecule has 0 aromatic carbocycles. The van der Waals surface area contributed by atoms with E-state index in [1.165, 1.54) is 0 Å². The predicted octanol–water partition coefficient (Wildman–Crippen LogP) is 3.01. The fourth-order valence-corrected chi connectivity index (χ4v) is 1.16. The molecule has 2 N–H and O–H groups in total. The Hall–Kier alpha value is -0.250. The van der Waals surface area contributed by atoms with E-state index in [1.807, 2.05) is 13.8 Å². The molecule has 0 unspecified atom stereocenters. The highest BCUT2D eigenvalue weighted by Gasteiger charge is 2.27. The molecule has 1 aromatic heterocycles. The van der Waals surface area contributed by atoms with E-state index in [2.05, 4.69) is 9.97 Å². The van der Waals surface area contributed by atoms with Crippen molar-refractivity contribution in [3.8, 4) is 0 Å². The van der Waals surface area contributed by atoms with Gasteiger partial charge in [0.25, 0.3) is 0 Å². The zero-order chi connectivity index (χ0) is 10.9. The number of halogens is 3. The Bertz CT molecular complexity index is 333. The molecule has 0 bridgehead atoms. The first-order valence-corrected chi connectivity index (χ1v) is 5.15. The summed E-state index contributed by atoms with van der Waals surface area (Å²) >= 11 is 17.0. The Morgan fingerprint density at radius 3 is 2.29 bits per heavy atom. The van der Waals surface area contributed by atoms with Crippen LogP contribution in [-0.2, 0) is 3.79 Å². The van der Waals surface area contributed by atoms with Gasteiger partial charge < -0.3 is 5.73 Å². The molecular weight excluding hydrogens is 244 g/mol. The second kappa shape index (κ2) is 4.09. The number of aromatic nitrogens is 2. The number of alkyl halides is 3. The third kappa shape index (κ3) is 2.87. The van der Waals surface area contributed by atoms with Gasteiger partial charge in [0.1, 0.15) is 5.82 Å². The monoisotopic (exact) mass is 253 g/mol. The van der Waals surface area contributed by atoms with Gasteiger partial charge in [0.2, 0.25) is 3.79 Å². The van der Waals surface area contributed by atoms with Crippen LogP contribution in [0.1, 0.15) is 31.3 Å². The summed E-state index contributed by atoms with van der Waals surface area (Å²) in [4.78, 5) is 7.98. The van der Waals surface area contributed by atoms with Gasteiger partial charge in [0.05, 0.1) is 0 Å². The molecule has 0 aliphatic heterocycles. The number of nitrogens with zero attached hydrogens (tertiary/aromatic N) is 2. The van der Waals surface area contributed by atoms with Crippen LogP contribution in [-0.4, -0.2) is 9.97 Å². The third-order valence-corrected chi connectivity index (χ3v) is 2.12. The maximum absolute atomic E-state index is 5.66. The normalized spacial score (nSPS) is 12.1. The molecule has 0 fully saturated rings. The van der Waals surface area contributed by atoms with Gasteiger partial charge in [-0.1, -0.05) is 48.7 Å². The Morgan fingerprint density at radius 2 is 1.86 bits per heavy atom. The maximum atomic E-state index is 5.66. The standard InChI is InChI=1S/C8H10Cl3N3/c1-4(2)5-3-6(12)14-7(13-5)8(9,10)11/h3-4H,1-2H3,(H2,12,13,14). The Balaban J connectivity index is 3.21. The average Bonchev–Trinajstić information content (AvgIpc) is 2.01. The first-order valence-electron chi connectivity index (χ1n) is 4.02. The average molecular weight is 255 g/mol. The van der Waals surface area contributed by atoms with Gasteiger partial charge in [-0.15, -0.1) is 0 Å². The van der Waals surface area contributed by atoms with E-state index >= 15 is 0 Å². The topological polar surface area (TPSA) is 51.8 Å². The highest BCUT2D eigenvalue weighted by atomic mass is 35.6. The number of hydrogen-bond donors (Lipinski definition) is 1. The largest absolute Gasteiger partial charge is 0.384 e. The zero-order valence-electron chi connectivity index (χ0n) is 7.76. The molecule has 1 aromatic rings. The number of rotatable bonds is 1. The summed E-state index contributed by atoms with van der Waals surface area (Å²) in [7, 11) is 0. The lowest BCUT2D eigenvalue weighted by atomic mass is 10.1. The van der Waals surface area contributed by atoms with Crippen LogP contribution >= 0.6 is 34.8 Å². The Morgan fingerprint density at radius 1 is 1.29 bits per heavy atom. The molecule has 0 amide bonds. The van der Waals surface area contributed by atoms with Crippen molar-refractivity contribution < 1.29 is 0 Å². The molecule has 14 heavy (non-hydrogen) atoms. The molecule has 3 nitrogen and oxygen atoms in total. The van der Waals surface area contributed by atoms with Crippen molar-refractivity contribution in [2.75, 3.05) is 5.73 Å². The summed E-state index contributed by atoms with van der Waals surface area (Å²) in [5, 5.41) is 0. The zero-order valence-corrected chi connectivity index (χ0v) is 10.0. The van der Waals surface area contributed by atoms with Gasteiger partial charge in [-0.25, -0.2) is 9.97 Å². The quantitative estimate of drug-likeness (QED) is 0.784. The van der Waals surface area contributed by atoms with E-state index in [0.717, 1.165) is 5.69 Å². The van der Waals surface area contributed by atoms with Crippen molar-refractivity contribution in [3.63, 3.8) is 0 Å². The fourth-order valence-electron chi connectivity index (χ4n) is 0.908. The minimum absolute atomic E-state index is 0.117. The first kappa shape index (κ1) is 11.8. The summed E-state index contributed by atoms with van der Waals surface area (Å²) < 4.78 is -1.63. The highest BCUT2D eigenvalue weighted by molar-refractivity contribution is 6.66. The van der Waals surface area contributed by atoms with Crippen molar-refractivity contribution in [3.05, 3.63) is 17.6 Å². The van der Waals surface area contributed by atoms with E-state index in [0.29, 0.717) is 5.82 Å². The van der Waals surface area contributed by atoms with Gasteiger partial charge in [-0.3, -0.25) is 0 Å². The molecule has 1 heterocycles. The first-order chi connectivity index (χ1) is 6.30. The van der Waals surface area contributed by atoms with Crippen LogP contribution in [0.25, 0.3) is 0 Å². The van der Waals surface area contributed by atoms with E-state index in [9.17, 15) is 0 Å². The van der Waals surface area contributed by atoms with Crippen LogP contribution in [0.5, 0.6) is 0 Å². The van der Waals surface area contributed by atoms with Crippen molar-refractivity contribution in [2.24, 2.45) is 0 Å². The molecule has 78 valence electrons. The van der Waals surface area contributed by atoms with Crippen LogP contribution < -0.4 is 5.73 Å². The van der Waals surface area contributed by atoms with Gasteiger partial charge in [-0.05, 0) is 5.92 Å². The van der Waals surface area contributed by atoms with E-state index in [4.69, 9.17) is 40.5 Å². The van der Waals surface area contributed by atoms with Crippen molar-refractivity contribution in [2.45, 2.75) is 23.6 Å². The second-order valence-electron chi connectivity index (χ2n) is 3.19. The number of nitrogen functional groups attached to an aromatic ring is 1. The summed E-state index contributed by atoms with van der Waals surface area (Å²) in [5.74, 6) is 0.641. The van der Waals surface area contributed by atoms with Crippen molar-refractivity contribution in [1.82, 2.24) is 9.97 Å². The third-order valence-electron chi connectivity index (χ3n) is 1.61.